The summed E-state index contributed by atoms with van der Waals surface area (Å²) in [5.74, 6) is -0.459. The van der Waals surface area contributed by atoms with Gasteiger partial charge in [0.1, 0.15) is 0 Å². The van der Waals surface area contributed by atoms with Gasteiger partial charge in [0.15, 0.2) is 5.82 Å². The van der Waals surface area contributed by atoms with Gasteiger partial charge in [-0.15, -0.1) is 0 Å². The molecule has 2 N–H and O–H groups in total. The lowest BCUT2D eigenvalue weighted by molar-refractivity contribution is 0.644. The smallest absolute Gasteiger partial charge is 0.153 e. The summed E-state index contributed by atoms with van der Waals surface area (Å²) in [7, 11) is 0. The fraction of sp³-hybridized carbons (Fsp3) is 0. The first-order valence-corrected chi connectivity index (χ1v) is 4.10. The Kier molecular flexibility index (Phi) is 1.83. The summed E-state index contributed by atoms with van der Waals surface area (Å²) >= 11 is 0. The quantitative estimate of drug-likeness (QED) is 0.642. The predicted molar refractivity (Wildman–Crippen MR) is 53.0 cm³/mol. The number of anilines is 1. The van der Waals surface area contributed by atoms with Crippen molar-refractivity contribution in [2.75, 3.05) is 5.73 Å². The molecule has 2 aromatic carbocycles. The van der Waals surface area contributed by atoms with Crippen LogP contribution in [-0.2, 0) is 0 Å². The Morgan fingerprint density at radius 3 is 2.64 bits per heavy atom. The zero-order chi connectivity index (χ0) is 10.1. The second kappa shape index (κ2) is 3.00. The van der Waals surface area contributed by atoms with Crippen LogP contribution in [-0.4, -0.2) is 0 Å². The van der Waals surface area contributed by atoms with Gasteiger partial charge in [-0.05, 0) is 23.6 Å². The maximum absolute atomic E-state index is 13.5. The van der Waals surface area contributed by atoms with Crippen molar-refractivity contribution in [1.29, 1.82) is 5.26 Å². The molecule has 68 valence electrons. The number of nitrogens with zero attached hydrogens (tertiary/aromatic N) is 1. The van der Waals surface area contributed by atoms with Gasteiger partial charge in [0.05, 0.1) is 17.3 Å². The number of fused-ring (bicyclic) bond motifs is 1. The lowest BCUT2D eigenvalue weighted by Crippen LogP contribution is -1.91. The summed E-state index contributed by atoms with van der Waals surface area (Å²) in [5.41, 5.74) is 5.96. The second-order valence-corrected chi connectivity index (χ2v) is 3.02. The minimum atomic E-state index is -0.459. The highest BCUT2D eigenvalue weighted by Gasteiger charge is 2.04. The molecule has 0 unspecified atom stereocenters. The van der Waals surface area contributed by atoms with Crippen LogP contribution in [0.5, 0.6) is 0 Å². The van der Waals surface area contributed by atoms with E-state index < -0.39 is 5.82 Å². The van der Waals surface area contributed by atoms with Gasteiger partial charge in [-0.25, -0.2) is 4.39 Å². The first-order chi connectivity index (χ1) is 6.72. The van der Waals surface area contributed by atoms with Crippen LogP contribution in [0.15, 0.2) is 30.3 Å². The highest BCUT2D eigenvalue weighted by atomic mass is 19.1. The van der Waals surface area contributed by atoms with E-state index in [-0.39, 0.29) is 5.69 Å². The first-order valence-electron chi connectivity index (χ1n) is 4.10. The molecule has 0 aliphatic heterocycles. The molecule has 2 rings (SSSR count). The van der Waals surface area contributed by atoms with E-state index in [1.54, 1.807) is 18.2 Å². The van der Waals surface area contributed by atoms with Crippen LogP contribution in [0.2, 0.25) is 0 Å². The Morgan fingerprint density at radius 2 is 1.93 bits per heavy atom. The largest absolute Gasteiger partial charge is 0.396 e. The molecule has 0 bridgehead atoms. The lowest BCUT2D eigenvalue weighted by Gasteiger charge is -2.02. The number of nitrogens with two attached hydrogens (primary N) is 1. The molecule has 0 radical (unpaired) electrons. The summed E-state index contributed by atoms with van der Waals surface area (Å²) in [6.07, 6.45) is 0. The third-order valence-electron chi connectivity index (χ3n) is 2.11. The predicted octanol–water partition coefficient (Wildman–Crippen LogP) is 2.43. The molecule has 0 saturated heterocycles. The maximum Gasteiger partial charge on any atom is 0.153 e. The van der Waals surface area contributed by atoms with Crippen LogP contribution in [0.3, 0.4) is 0 Å². The highest BCUT2D eigenvalue weighted by molar-refractivity contribution is 5.87. The van der Waals surface area contributed by atoms with Crippen LogP contribution in [0.4, 0.5) is 10.1 Å². The molecular formula is C11H7FN2. The maximum atomic E-state index is 13.5. The van der Waals surface area contributed by atoms with Crippen molar-refractivity contribution >= 4 is 16.5 Å². The van der Waals surface area contributed by atoms with Crippen LogP contribution in [0.1, 0.15) is 5.56 Å². The van der Waals surface area contributed by atoms with Gasteiger partial charge in [-0.1, -0.05) is 12.1 Å². The molecule has 0 saturated carbocycles. The molecule has 0 spiro atoms. The molecule has 0 fully saturated rings. The van der Waals surface area contributed by atoms with Gasteiger partial charge < -0.3 is 5.73 Å². The van der Waals surface area contributed by atoms with Crippen molar-refractivity contribution in [1.82, 2.24) is 0 Å². The van der Waals surface area contributed by atoms with Gasteiger partial charge in [-0.2, -0.15) is 5.26 Å². The molecule has 14 heavy (non-hydrogen) atoms. The summed E-state index contributed by atoms with van der Waals surface area (Å²) in [6.45, 7) is 0. The molecule has 2 nitrogen and oxygen atoms in total. The standard InChI is InChI=1S/C11H7FN2/c12-11-9-5-7(6-13)1-2-8(9)3-4-10(11)14/h1-5H,14H2. The number of hydrogen-bond acceptors (Lipinski definition) is 2. The molecular weight excluding hydrogens is 179 g/mol. The minimum absolute atomic E-state index is 0.104. The summed E-state index contributed by atoms with van der Waals surface area (Å²) in [4.78, 5) is 0. The van der Waals surface area contributed by atoms with E-state index in [4.69, 9.17) is 11.0 Å². The van der Waals surface area contributed by atoms with Gasteiger partial charge in [0.2, 0.25) is 0 Å². The van der Waals surface area contributed by atoms with Crippen molar-refractivity contribution in [2.24, 2.45) is 0 Å². The monoisotopic (exact) mass is 186 g/mol. The Morgan fingerprint density at radius 1 is 1.21 bits per heavy atom. The van der Waals surface area contributed by atoms with E-state index in [0.717, 1.165) is 5.39 Å². The van der Waals surface area contributed by atoms with E-state index in [9.17, 15) is 4.39 Å². The number of halogens is 1. The third kappa shape index (κ3) is 1.17. The Bertz CT molecular complexity index is 541. The molecule has 0 atom stereocenters. The molecule has 0 aliphatic carbocycles. The molecule has 3 heteroatoms. The second-order valence-electron chi connectivity index (χ2n) is 3.02. The van der Waals surface area contributed by atoms with Crippen molar-refractivity contribution in [3.8, 4) is 6.07 Å². The Balaban J connectivity index is 2.86. The van der Waals surface area contributed by atoms with E-state index in [2.05, 4.69) is 0 Å². The van der Waals surface area contributed by atoms with Gasteiger partial charge in [0.25, 0.3) is 0 Å². The summed E-state index contributed by atoms with van der Waals surface area (Å²) in [6, 6.07) is 10.1. The van der Waals surface area contributed by atoms with Crippen LogP contribution in [0.25, 0.3) is 10.8 Å². The first kappa shape index (κ1) is 8.52. The van der Waals surface area contributed by atoms with Gasteiger partial charge >= 0.3 is 0 Å². The molecule has 0 aliphatic rings. The normalized spacial score (nSPS) is 10.0. The lowest BCUT2D eigenvalue weighted by atomic mass is 10.1. The average Bonchev–Trinajstić information content (AvgIpc) is 2.23. The molecule has 2 aromatic rings. The van der Waals surface area contributed by atoms with E-state index in [1.165, 1.54) is 12.1 Å². The summed E-state index contributed by atoms with van der Waals surface area (Å²) in [5, 5.41) is 9.79. The fourth-order valence-corrected chi connectivity index (χ4v) is 1.37. The van der Waals surface area contributed by atoms with Crippen LogP contribution >= 0.6 is 0 Å². The number of rotatable bonds is 0. The van der Waals surface area contributed by atoms with Crippen molar-refractivity contribution in [3.63, 3.8) is 0 Å². The number of benzene rings is 2. The zero-order valence-electron chi connectivity index (χ0n) is 7.29. The zero-order valence-corrected chi connectivity index (χ0v) is 7.29. The van der Waals surface area contributed by atoms with Gasteiger partial charge in [-0.3, -0.25) is 0 Å². The number of nitrogen functional groups attached to an aromatic ring is 1. The van der Waals surface area contributed by atoms with Crippen LogP contribution < -0.4 is 5.73 Å². The van der Waals surface area contributed by atoms with Crippen molar-refractivity contribution in [2.45, 2.75) is 0 Å². The third-order valence-corrected chi connectivity index (χ3v) is 2.11. The highest BCUT2D eigenvalue weighted by Crippen LogP contribution is 2.23. The van der Waals surface area contributed by atoms with E-state index in [1.807, 2.05) is 6.07 Å². The number of nitriles is 1. The number of hydrogen-bond donors (Lipinski definition) is 1. The molecule has 0 aromatic heterocycles. The van der Waals surface area contributed by atoms with Crippen molar-refractivity contribution < 1.29 is 4.39 Å². The minimum Gasteiger partial charge on any atom is -0.396 e. The summed E-state index contributed by atoms with van der Waals surface area (Å²) < 4.78 is 13.5. The fourth-order valence-electron chi connectivity index (χ4n) is 1.37. The van der Waals surface area contributed by atoms with Gasteiger partial charge in [0, 0.05) is 5.39 Å². The molecule has 0 heterocycles. The molecule has 0 amide bonds. The topological polar surface area (TPSA) is 49.8 Å². The average molecular weight is 186 g/mol. The SMILES string of the molecule is N#Cc1ccc2ccc(N)c(F)c2c1. The van der Waals surface area contributed by atoms with Crippen molar-refractivity contribution in [3.05, 3.63) is 41.7 Å². The van der Waals surface area contributed by atoms with E-state index in [0.29, 0.717) is 10.9 Å². The Hall–Kier alpha value is -2.08. The Labute approximate surface area is 80.4 Å². The van der Waals surface area contributed by atoms with Crippen LogP contribution in [0, 0.1) is 17.1 Å². The van der Waals surface area contributed by atoms with E-state index >= 15 is 0 Å².